The molecule has 0 saturated heterocycles. The van der Waals surface area contributed by atoms with Crippen molar-refractivity contribution in [2.24, 2.45) is 0 Å². The number of benzene rings is 1. The lowest BCUT2D eigenvalue weighted by Gasteiger charge is -2.25. The second-order valence-corrected chi connectivity index (χ2v) is 5.82. The zero-order valence-corrected chi connectivity index (χ0v) is 11.9. The predicted octanol–water partition coefficient (Wildman–Crippen LogP) is 3.56. The summed E-state index contributed by atoms with van der Waals surface area (Å²) in [6.07, 6.45) is 3.88. The molecule has 0 amide bonds. The lowest BCUT2D eigenvalue weighted by atomic mass is 10.0. The van der Waals surface area contributed by atoms with Crippen LogP contribution < -0.4 is 5.32 Å². The number of nitrogens with zero attached hydrogens (tertiary/aromatic N) is 1. The van der Waals surface area contributed by atoms with Crippen LogP contribution >= 0.6 is 11.8 Å². The zero-order valence-electron chi connectivity index (χ0n) is 11.1. The molecule has 19 heavy (non-hydrogen) atoms. The van der Waals surface area contributed by atoms with Crippen LogP contribution in [0.4, 0.5) is 0 Å². The minimum Gasteiger partial charge on any atom is -0.444 e. The van der Waals surface area contributed by atoms with E-state index in [0.717, 1.165) is 24.5 Å². The van der Waals surface area contributed by atoms with Gasteiger partial charge in [0.2, 0.25) is 5.89 Å². The highest BCUT2D eigenvalue weighted by Crippen LogP contribution is 2.35. The Morgan fingerprint density at radius 1 is 1.42 bits per heavy atom. The van der Waals surface area contributed by atoms with E-state index in [-0.39, 0.29) is 0 Å². The molecule has 0 fully saturated rings. The average Bonchev–Trinajstić information content (AvgIpc) is 2.93. The normalized spacial score (nSPS) is 18.3. The van der Waals surface area contributed by atoms with Gasteiger partial charge >= 0.3 is 0 Å². The van der Waals surface area contributed by atoms with Crippen LogP contribution in [0.5, 0.6) is 0 Å². The first-order valence-electron chi connectivity index (χ1n) is 6.75. The maximum absolute atomic E-state index is 5.63. The first-order chi connectivity index (χ1) is 9.36. The van der Waals surface area contributed by atoms with E-state index in [9.17, 15) is 0 Å². The smallest absolute Gasteiger partial charge is 0.208 e. The minimum absolute atomic E-state index is 0.412. The van der Waals surface area contributed by atoms with E-state index in [1.807, 2.05) is 18.0 Å². The monoisotopic (exact) mass is 274 g/mol. The van der Waals surface area contributed by atoms with Gasteiger partial charge in [0, 0.05) is 17.4 Å². The molecule has 2 aromatic rings. The zero-order chi connectivity index (χ0) is 13.1. The van der Waals surface area contributed by atoms with Crippen LogP contribution in [0.1, 0.15) is 36.6 Å². The van der Waals surface area contributed by atoms with Crippen molar-refractivity contribution >= 4 is 11.8 Å². The molecule has 1 aliphatic rings. The summed E-state index contributed by atoms with van der Waals surface area (Å²) in [5.41, 5.74) is 1.40. The third-order valence-electron chi connectivity index (χ3n) is 3.41. The van der Waals surface area contributed by atoms with Gasteiger partial charge in [-0.2, -0.15) is 0 Å². The summed E-state index contributed by atoms with van der Waals surface area (Å²) < 4.78 is 5.63. The van der Waals surface area contributed by atoms with Crippen molar-refractivity contribution in [3.05, 3.63) is 47.7 Å². The van der Waals surface area contributed by atoms with Gasteiger partial charge in [0.05, 0.1) is 12.7 Å². The van der Waals surface area contributed by atoms with Gasteiger partial charge in [-0.1, -0.05) is 25.1 Å². The molecule has 0 bridgehead atoms. The van der Waals surface area contributed by atoms with Crippen molar-refractivity contribution in [1.82, 2.24) is 10.3 Å². The summed E-state index contributed by atoms with van der Waals surface area (Å²) in [4.78, 5) is 5.69. The fraction of sp³-hybridized carbons (Fsp3) is 0.400. The molecule has 3 nitrogen and oxygen atoms in total. The van der Waals surface area contributed by atoms with Gasteiger partial charge in [-0.3, -0.25) is 0 Å². The highest BCUT2D eigenvalue weighted by Gasteiger charge is 2.20. The van der Waals surface area contributed by atoms with E-state index in [1.165, 1.54) is 16.2 Å². The molecule has 1 aromatic heterocycles. The third kappa shape index (κ3) is 2.85. The summed E-state index contributed by atoms with van der Waals surface area (Å²) in [6, 6.07) is 9.05. The molecule has 0 aliphatic carbocycles. The van der Waals surface area contributed by atoms with Gasteiger partial charge in [-0.05, 0) is 23.8 Å². The predicted molar refractivity (Wildman–Crippen MR) is 77.2 cm³/mol. The third-order valence-corrected chi connectivity index (χ3v) is 4.53. The van der Waals surface area contributed by atoms with Crippen LogP contribution in [0.2, 0.25) is 0 Å². The number of nitrogens with one attached hydrogen (secondary N) is 1. The van der Waals surface area contributed by atoms with Crippen molar-refractivity contribution in [2.75, 3.05) is 5.75 Å². The molecule has 1 aromatic carbocycles. The fourth-order valence-corrected chi connectivity index (χ4v) is 3.48. The number of aryl methyl sites for hydroxylation is 1. The minimum atomic E-state index is 0.412. The molecule has 0 radical (unpaired) electrons. The maximum atomic E-state index is 5.63. The molecule has 1 atom stereocenters. The summed E-state index contributed by atoms with van der Waals surface area (Å²) >= 11 is 1.94. The van der Waals surface area contributed by atoms with Crippen LogP contribution in [-0.2, 0) is 13.0 Å². The first kappa shape index (κ1) is 12.8. The lowest BCUT2D eigenvalue weighted by molar-refractivity contribution is 0.411. The number of rotatable bonds is 4. The first-order valence-corrected chi connectivity index (χ1v) is 7.74. The molecule has 1 N–H and O–H groups in total. The highest BCUT2D eigenvalue weighted by molar-refractivity contribution is 7.99. The number of aromatic nitrogens is 1. The van der Waals surface area contributed by atoms with Crippen molar-refractivity contribution < 1.29 is 4.42 Å². The molecule has 0 saturated carbocycles. The van der Waals surface area contributed by atoms with E-state index < -0.39 is 0 Å². The van der Waals surface area contributed by atoms with E-state index in [0.29, 0.717) is 12.6 Å². The molecular weight excluding hydrogens is 256 g/mol. The van der Waals surface area contributed by atoms with E-state index in [2.05, 4.69) is 41.5 Å². The Balaban J connectivity index is 1.68. The number of thioether (sulfide) groups is 1. The molecule has 1 aliphatic heterocycles. The number of hydrogen-bond acceptors (Lipinski definition) is 4. The van der Waals surface area contributed by atoms with Crippen molar-refractivity contribution in [2.45, 2.75) is 37.2 Å². The van der Waals surface area contributed by atoms with Crippen LogP contribution in [0.15, 0.2) is 39.8 Å². The van der Waals surface area contributed by atoms with E-state index >= 15 is 0 Å². The Morgan fingerprint density at radius 2 is 2.32 bits per heavy atom. The van der Waals surface area contributed by atoms with Crippen LogP contribution in [0, 0.1) is 0 Å². The van der Waals surface area contributed by atoms with Crippen molar-refractivity contribution in [1.29, 1.82) is 0 Å². The van der Waals surface area contributed by atoms with Gasteiger partial charge in [0.1, 0.15) is 5.76 Å². The average molecular weight is 274 g/mol. The van der Waals surface area contributed by atoms with Gasteiger partial charge in [0.15, 0.2) is 0 Å². The molecule has 1 unspecified atom stereocenters. The Labute approximate surface area is 117 Å². The standard InChI is InChI=1S/C15H18N2OS/c1-2-11-9-17-15(18-11)10-16-13-7-8-19-14-6-4-3-5-12(13)14/h3-6,9,13,16H,2,7-8,10H2,1H3. The molecule has 3 rings (SSSR count). The van der Waals surface area contributed by atoms with Gasteiger partial charge in [-0.25, -0.2) is 4.98 Å². The Bertz CT molecular complexity index is 553. The van der Waals surface area contributed by atoms with Crippen LogP contribution in [-0.4, -0.2) is 10.7 Å². The molecule has 2 heterocycles. The van der Waals surface area contributed by atoms with Gasteiger partial charge in [-0.15, -0.1) is 11.8 Å². The molecule has 4 heteroatoms. The number of fused-ring (bicyclic) bond motifs is 1. The van der Waals surface area contributed by atoms with Crippen LogP contribution in [0.25, 0.3) is 0 Å². The lowest BCUT2D eigenvalue weighted by Crippen LogP contribution is -2.24. The van der Waals surface area contributed by atoms with Crippen LogP contribution in [0.3, 0.4) is 0 Å². The van der Waals surface area contributed by atoms with Gasteiger partial charge in [0.25, 0.3) is 0 Å². The maximum Gasteiger partial charge on any atom is 0.208 e. The second kappa shape index (κ2) is 5.80. The largest absolute Gasteiger partial charge is 0.444 e. The van der Waals surface area contributed by atoms with Crippen molar-refractivity contribution in [3.8, 4) is 0 Å². The van der Waals surface area contributed by atoms with E-state index in [4.69, 9.17) is 4.42 Å². The molecular formula is C15H18N2OS. The quantitative estimate of drug-likeness (QED) is 0.925. The summed E-state index contributed by atoms with van der Waals surface area (Å²) in [7, 11) is 0. The summed E-state index contributed by atoms with van der Waals surface area (Å²) in [5, 5.41) is 3.56. The van der Waals surface area contributed by atoms with Crippen molar-refractivity contribution in [3.63, 3.8) is 0 Å². The van der Waals surface area contributed by atoms with E-state index in [1.54, 1.807) is 0 Å². The highest BCUT2D eigenvalue weighted by atomic mass is 32.2. The summed E-state index contributed by atoms with van der Waals surface area (Å²) in [6.45, 7) is 2.77. The fourth-order valence-electron chi connectivity index (χ4n) is 2.36. The topological polar surface area (TPSA) is 38.1 Å². The Morgan fingerprint density at radius 3 is 3.16 bits per heavy atom. The Kier molecular flexibility index (Phi) is 3.89. The molecule has 100 valence electrons. The van der Waals surface area contributed by atoms with Gasteiger partial charge < -0.3 is 9.73 Å². The number of oxazole rings is 1. The summed E-state index contributed by atoms with van der Waals surface area (Å²) in [5.74, 6) is 2.91. The second-order valence-electron chi connectivity index (χ2n) is 4.68. The number of hydrogen-bond donors (Lipinski definition) is 1. The Hall–Kier alpha value is -1.26. The SMILES string of the molecule is CCc1cnc(CNC2CCSc3ccccc32)o1. The molecule has 0 spiro atoms.